The lowest BCUT2D eigenvalue weighted by molar-refractivity contribution is 0.943. The van der Waals surface area contributed by atoms with Crippen LogP contribution in [0, 0.1) is 0 Å². The summed E-state index contributed by atoms with van der Waals surface area (Å²) in [7, 11) is 4.18. The van der Waals surface area contributed by atoms with Crippen LogP contribution in [-0.2, 0) is 14.1 Å². The van der Waals surface area contributed by atoms with Crippen LogP contribution in [0.25, 0.3) is 21.8 Å². The van der Waals surface area contributed by atoms with Crippen molar-refractivity contribution in [3.8, 4) is 0 Å². The largest absolute Gasteiger partial charge is 0.349 e. The van der Waals surface area contributed by atoms with Crippen LogP contribution in [0.15, 0.2) is 36.7 Å². The lowest BCUT2D eigenvalue weighted by Crippen LogP contribution is -1.90. The molecule has 14 heavy (non-hydrogen) atoms. The number of hydrogen-bond acceptors (Lipinski definition) is 0. The minimum atomic E-state index is 1.31. The van der Waals surface area contributed by atoms with Crippen molar-refractivity contribution in [2.45, 2.75) is 0 Å². The predicted molar refractivity (Wildman–Crippen MR) is 59.4 cm³/mol. The molecule has 0 bridgehead atoms. The standard InChI is InChI=1S/C12H12N2/c1-13-7-5-9-3-4-10-6-8-14(2)12(10)11(9)13/h3-8H,1-2H3. The highest BCUT2D eigenvalue weighted by molar-refractivity contribution is 6.04. The summed E-state index contributed by atoms with van der Waals surface area (Å²) in [4.78, 5) is 0. The average Bonchev–Trinajstić information content (AvgIpc) is 2.72. The molecule has 3 rings (SSSR count). The van der Waals surface area contributed by atoms with Gasteiger partial charge in [0.1, 0.15) is 0 Å². The molecule has 2 heteroatoms. The van der Waals surface area contributed by atoms with Crippen LogP contribution in [-0.4, -0.2) is 9.13 Å². The molecule has 0 amide bonds. The maximum Gasteiger partial charge on any atom is 0.0724 e. The van der Waals surface area contributed by atoms with E-state index in [0.717, 1.165) is 0 Å². The molecule has 0 saturated carbocycles. The zero-order valence-electron chi connectivity index (χ0n) is 8.36. The Hall–Kier alpha value is -1.70. The molecule has 0 atom stereocenters. The molecule has 0 N–H and O–H groups in total. The first-order valence-corrected chi connectivity index (χ1v) is 4.76. The molecule has 2 heterocycles. The van der Waals surface area contributed by atoms with Gasteiger partial charge < -0.3 is 9.13 Å². The summed E-state index contributed by atoms with van der Waals surface area (Å²) in [6.45, 7) is 0. The molecule has 0 fully saturated rings. The topological polar surface area (TPSA) is 9.86 Å². The Morgan fingerprint density at radius 1 is 0.714 bits per heavy atom. The molecular formula is C12H12N2. The molecule has 3 aromatic rings. The van der Waals surface area contributed by atoms with E-state index in [1.807, 2.05) is 0 Å². The summed E-state index contributed by atoms with van der Waals surface area (Å²) < 4.78 is 4.36. The van der Waals surface area contributed by atoms with Crippen molar-refractivity contribution in [3.63, 3.8) is 0 Å². The van der Waals surface area contributed by atoms with Gasteiger partial charge in [0.2, 0.25) is 0 Å². The first-order chi connectivity index (χ1) is 6.77. The predicted octanol–water partition coefficient (Wildman–Crippen LogP) is 2.67. The molecule has 1 aromatic carbocycles. The monoisotopic (exact) mass is 184 g/mol. The summed E-state index contributed by atoms with van der Waals surface area (Å²) in [5.74, 6) is 0. The zero-order chi connectivity index (χ0) is 9.71. The third-order valence-electron chi connectivity index (χ3n) is 2.87. The summed E-state index contributed by atoms with van der Waals surface area (Å²) in [6, 6.07) is 8.67. The third kappa shape index (κ3) is 0.803. The molecule has 0 aliphatic carbocycles. The van der Waals surface area contributed by atoms with Gasteiger partial charge in [-0.3, -0.25) is 0 Å². The highest BCUT2D eigenvalue weighted by atomic mass is 15.0. The summed E-state index contributed by atoms with van der Waals surface area (Å²) in [5, 5.41) is 2.61. The van der Waals surface area contributed by atoms with E-state index >= 15 is 0 Å². The first kappa shape index (κ1) is 7.68. The highest BCUT2D eigenvalue weighted by Gasteiger charge is 2.05. The molecule has 0 radical (unpaired) electrons. The van der Waals surface area contributed by atoms with Gasteiger partial charge in [-0.15, -0.1) is 0 Å². The SMILES string of the molecule is Cn1ccc2ccc3ccn(C)c3c21. The Morgan fingerprint density at radius 2 is 1.14 bits per heavy atom. The van der Waals surface area contributed by atoms with Crippen LogP contribution in [0.2, 0.25) is 0 Å². The summed E-state index contributed by atoms with van der Waals surface area (Å²) in [6.07, 6.45) is 4.22. The quantitative estimate of drug-likeness (QED) is 0.508. The maximum absolute atomic E-state index is 2.18. The van der Waals surface area contributed by atoms with E-state index in [2.05, 4.69) is 59.9 Å². The van der Waals surface area contributed by atoms with Gasteiger partial charge in [0.05, 0.1) is 11.0 Å². The van der Waals surface area contributed by atoms with Crippen LogP contribution in [0.4, 0.5) is 0 Å². The molecule has 0 spiro atoms. The van der Waals surface area contributed by atoms with Gasteiger partial charge in [-0.1, -0.05) is 12.1 Å². The molecule has 0 aliphatic rings. The Labute approximate surface area is 82.4 Å². The van der Waals surface area contributed by atoms with Gasteiger partial charge in [0.25, 0.3) is 0 Å². The van der Waals surface area contributed by atoms with E-state index in [0.29, 0.717) is 0 Å². The molecule has 0 aliphatic heterocycles. The highest BCUT2D eigenvalue weighted by Crippen LogP contribution is 2.25. The van der Waals surface area contributed by atoms with Gasteiger partial charge in [0.15, 0.2) is 0 Å². The number of nitrogens with zero attached hydrogens (tertiary/aromatic N) is 2. The van der Waals surface area contributed by atoms with Gasteiger partial charge in [-0.05, 0) is 12.1 Å². The Bertz CT molecular complexity index is 558. The average molecular weight is 184 g/mol. The minimum absolute atomic E-state index is 1.31. The van der Waals surface area contributed by atoms with Gasteiger partial charge in [-0.2, -0.15) is 0 Å². The third-order valence-corrected chi connectivity index (χ3v) is 2.87. The van der Waals surface area contributed by atoms with Crippen molar-refractivity contribution in [2.75, 3.05) is 0 Å². The van der Waals surface area contributed by atoms with Gasteiger partial charge >= 0.3 is 0 Å². The van der Waals surface area contributed by atoms with E-state index in [1.165, 1.54) is 21.8 Å². The van der Waals surface area contributed by atoms with Crippen LogP contribution in [0.5, 0.6) is 0 Å². The van der Waals surface area contributed by atoms with Gasteiger partial charge in [0, 0.05) is 37.3 Å². The normalized spacial score (nSPS) is 11.6. The van der Waals surface area contributed by atoms with Crippen molar-refractivity contribution < 1.29 is 0 Å². The Kier molecular flexibility index (Phi) is 1.32. The molecule has 2 aromatic heterocycles. The van der Waals surface area contributed by atoms with Crippen LogP contribution in [0.1, 0.15) is 0 Å². The molecule has 70 valence electrons. The van der Waals surface area contributed by atoms with E-state index in [1.54, 1.807) is 0 Å². The van der Waals surface area contributed by atoms with Crippen LogP contribution < -0.4 is 0 Å². The maximum atomic E-state index is 2.18. The van der Waals surface area contributed by atoms with E-state index in [4.69, 9.17) is 0 Å². The molecule has 0 saturated heterocycles. The fourth-order valence-corrected chi connectivity index (χ4v) is 2.15. The zero-order valence-corrected chi connectivity index (χ0v) is 8.36. The van der Waals surface area contributed by atoms with E-state index in [9.17, 15) is 0 Å². The fraction of sp³-hybridized carbons (Fsp3) is 0.167. The Morgan fingerprint density at radius 3 is 1.57 bits per heavy atom. The molecule has 0 unspecified atom stereocenters. The van der Waals surface area contributed by atoms with Crippen molar-refractivity contribution in [1.29, 1.82) is 0 Å². The fourth-order valence-electron chi connectivity index (χ4n) is 2.15. The second-order valence-corrected chi connectivity index (χ2v) is 3.79. The van der Waals surface area contributed by atoms with Crippen molar-refractivity contribution in [1.82, 2.24) is 9.13 Å². The van der Waals surface area contributed by atoms with E-state index in [-0.39, 0.29) is 0 Å². The lowest BCUT2D eigenvalue weighted by Gasteiger charge is -2.02. The lowest BCUT2D eigenvalue weighted by atomic mass is 10.2. The summed E-state index contributed by atoms with van der Waals surface area (Å²) >= 11 is 0. The molecular weight excluding hydrogens is 172 g/mol. The minimum Gasteiger partial charge on any atom is -0.349 e. The van der Waals surface area contributed by atoms with Crippen molar-refractivity contribution in [3.05, 3.63) is 36.7 Å². The van der Waals surface area contributed by atoms with Crippen molar-refractivity contribution in [2.24, 2.45) is 14.1 Å². The van der Waals surface area contributed by atoms with E-state index < -0.39 is 0 Å². The first-order valence-electron chi connectivity index (χ1n) is 4.76. The second kappa shape index (κ2) is 2.41. The van der Waals surface area contributed by atoms with Gasteiger partial charge in [-0.25, -0.2) is 0 Å². The summed E-state index contributed by atoms with van der Waals surface area (Å²) in [5.41, 5.74) is 2.63. The number of hydrogen-bond donors (Lipinski definition) is 0. The second-order valence-electron chi connectivity index (χ2n) is 3.79. The number of fused-ring (bicyclic) bond motifs is 3. The van der Waals surface area contributed by atoms with Crippen LogP contribution in [0.3, 0.4) is 0 Å². The van der Waals surface area contributed by atoms with Crippen LogP contribution >= 0.6 is 0 Å². The Balaban J connectivity index is 2.70. The number of rotatable bonds is 0. The number of aryl methyl sites for hydroxylation is 2. The number of benzene rings is 1. The smallest absolute Gasteiger partial charge is 0.0724 e. The van der Waals surface area contributed by atoms with Crippen molar-refractivity contribution >= 4 is 21.8 Å². The number of aromatic nitrogens is 2. The molecule has 2 nitrogen and oxygen atoms in total.